The van der Waals surface area contributed by atoms with Crippen LogP contribution in [0.2, 0.25) is 0 Å². The number of urea groups is 1. The first-order valence-electron chi connectivity index (χ1n) is 12.1. The number of nitrogens with one attached hydrogen (secondary N) is 1. The van der Waals surface area contributed by atoms with Gasteiger partial charge >= 0.3 is 6.03 Å². The van der Waals surface area contributed by atoms with Crippen molar-refractivity contribution in [2.24, 2.45) is 17.3 Å². The lowest BCUT2D eigenvalue weighted by molar-refractivity contribution is -0.138. The number of carbonyl (C=O) groups excluding carboxylic acids is 3. The Hall–Kier alpha value is -1.43. The van der Waals surface area contributed by atoms with Crippen molar-refractivity contribution in [3.63, 3.8) is 0 Å². The zero-order valence-corrected chi connectivity index (χ0v) is 19.0. The fraction of sp³-hybridized carbons (Fsp3) is 0.875. The minimum atomic E-state index is -0.822. The Morgan fingerprint density at radius 3 is 2.37 bits per heavy atom. The van der Waals surface area contributed by atoms with Crippen molar-refractivity contribution in [1.29, 1.82) is 0 Å². The number of ketones is 1. The van der Waals surface area contributed by atoms with Crippen LogP contribution < -0.4 is 5.32 Å². The van der Waals surface area contributed by atoms with E-state index in [0.29, 0.717) is 5.92 Å². The standard InChI is InChI=1S/C24H39N3O3/c1-17-10-9-11-18(17)23(2)21(29)27(22(30)26(23)3)15-20(28)19-14-24(16-25-19)12-7-5-4-6-8-13-24/h17-19,25H,4-16H2,1-3H3. The van der Waals surface area contributed by atoms with E-state index in [0.717, 1.165) is 32.2 Å². The molecule has 4 atom stereocenters. The molecule has 4 aliphatic rings. The van der Waals surface area contributed by atoms with E-state index in [4.69, 9.17) is 0 Å². The highest BCUT2D eigenvalue weighted by Gasteiger charge is 2.58. The van der Waals surface area contributed by atoms with E-state index < -0.39 is 5.54 Å². The van der Waals surface area contributed by atoms with Gasteiger partial charge in [-0.15, -0.1) is 0 Å². The highest BCUT2D eigenvalue weighted by molar-refractivity contribution is 6.09. The van der Waals surface area contributed by atoms with Crippen LogP contribution in [-0.2, 0) is 9.59 Å². The van der Waals surface area contributed by atoms with Gasteiger partial charge in [-0.3, -0.25) is 14.5 Å². The Labute approximate surface area is 181 Å². The molecule has 0 aromatic carbocycles. The summed E-state index contributed by atoms with van der Waals surface area (Å²) in [5.74, 6) is 0.399. The molecule has 0 bridgehead atoms. The maximum atomic E-state index is 13.4. The molecule has 2 saturated carbocycles. The number of hydrogen-bond acceptors (Lipinski definition) is 4. The molecule has 2 aliphatic heterocycles. The molecule has 4 fully saturated rings. The van der Waals surface area contributed by atoms with Crippen molar-refractivity contribution in [2.75, 3.05) is 20.1 Å². The summed E-state index contributed by atoms with van der Waals surface area (Å²) in [6.45, 7) is 4.88. The summed E-state index contributed by atoms with van der Waals surface area (Å²) in [6, 6.07) is -0.541. The predicted molar refractivity (Wildman–Crippen MR) is 116 cm³/mol. The average Bonchev–Trinajstić information content (AvgIpc) is 3.37. The van der Waals surface area contributed by atoms with Gasteiger partial charge in [-0.05, 0) is 49.9 Å². The Balaban J connectivity index is 1.43. The molecule has 4 unspecified atom stereocenters. The van der Waals surface area contributed by atoms with Gasteiger partial charge < -0.3 is 10.2 Å². The van der Waals surface area contributed by atoms with Crippen molar-refractivity contribution >= 4 is 17.7 Å². The second-order valence-corrected chi connectivity index (χ2v) is 10.8. The monoisotopic (exact) mass is 417 g/mol. The molecule has 4 rings (SSSR count). The van der Waals surface area contributed by atoms with Gasteiger partial charge in [0, 0.05) is 13.6 Å². The number of imide groups is 1. The maximum Gasteiger partial charge on any atom is 0.327 e. The molecule has 3 amide bonds. The second kappa shape index (κ2) is 8.25. The van der Waals surface area contributed by atoms with Crippen LogP contribution in [0.1, 0.15) is 84.5 Å². The van der Waals surface area contributed by atoms with Crippen molar-refractivity contribution in [2.45, 2.75) is 96.1 Å². The summed E-state index contributed by atoms with van der Waals surface area (Å²) in [5, 5.41) is 3.45. The normalized spacial score (nSPS) is 37.1. The molecule has 0 aromatic heterocycles. The Morgan fingerprint density at radius 2 is 1.73 bits per heavy atom. The maximum absolute atomic E-state index is 13.4. The summed E-state index contributed by atoms with van der Waals surface area (Å²) < 4.78 is 0. The first kappa shape index (κ1) is 21.8. The van der Waals surface area contributed by atoms with Crippen LogP contribution in [-0.4, -0.2) is 59.2 Å². The van der Waals surface area contributed by atoms with Crippen LogP contribution in [0.3, 0.4) is 0 Å². The fourth-order valence-corrected chi connectivity index (χ4v) is 6.86. The number of hydrogen-bond donors (Lipinski definition) is 1. The van der Waals surface area contributed by atoms with Gasteiger partial charge in [-0.25, -0.2) is 4.79 Å². The predicted octanol–water partition coefficient (Wildman–Crippen LogP) is 3.74. The number of Topliss-reactive ketones (excluding diaryl/α,β-unsaturated/α-hetero) is 1. The van der Waals surface area contributed by atoms with E-state index in [9.17, 15) is 14.4 Å². The van der Waals surface area contributed by atoms with Gasteiger partial charge in [0.2, 0.25) is 0 Å². The summed E-state index contributed by atoms with van der Waals surface area (Å²) in [4.78, 5) is 42.4. The zero-order valence-electron chi connectivity index (χ0n) is 19.0. The van der Waals surface area contributed by atoms with Crippen molar-refractivity contribution in [3.8, 4) is 0 Å². The number of amides is 3. The van der Waals surface area contributed by atoms with E-state index in [-0.39, 0.29) is 41.6 Å². The van der Waals surface area contributed by atoms with E-state index in [1.165, 1.54) is 49.8 Å². The smallest absolute Gasteiger partial charge is 0.313 e. The minimum Gasteiger partial charge on any atom is -0.313 e. The minimum absolute atomic E-state index is 0.00671. The summed E-state index contributed by atoms with van der Waals surface area (Å²) >= 11 is 0. The van der Waals surface area contributed by atoms with Gasteiger partial charge in [0.1, 0.15) is 5.54 Å². The van der Waals surface area contributed by atoms with Crippen LogP contribution in [0.25, 0.3) is 0 Å². The largest absolute Gasteiger partial charge is 0.327 e. The Bertz CT molecular complexity index is 700. The molecular formula is C24H39N3O3. The molecule has 2 heterocycles. The van der Waals surface area contributed by atoms with Crippen LogP contribution in [0.5, 0.6) is 0 Å². The second-order valence-electron chi connectivity index (χ2n) is 10.8. The van der Waals surface area contributed by atoms with Crippen LogP contribution >= 0.6 is 0 Å². The molecule has 0 radical (unpaired) electrons. The quantitative estimate of drug-likeness (QED) is 0.708. The van der Waals surface area contributed by atoms with E-state index in [1.807, 2.05) is 6.92 Å². The lowest BCUT2D eigenvalue weighted by atomic mass is 9.74. The Morgan fingerprint density at radius 1 is 1.07 bits per heavy atom. The molecule has 168 valence electrons. The molecule has 6 nitrogen and oxygen atoms in total. The van der Waals surface area contributed by atoms with Crippen LogP contribution in [0.4, 0.5) is 4.79 Å². The number of likely N-dealkylation sites (N-methyl/N-ethyl adjacent to an activating group) is 1. The van der Waals surface area contributed by atoms with E-state index in [2.05, 4.69) is 12.2 Å². The number of nitrogens with zero attached hydrogens (tertiary/aromatic N) is 2. The average molecular weight is 418 g/mol. The molecule has 6 heteroatoms. The summed E-state index contributed by atoms with van der Waals surface area (Å²) in [7, 11) is 1.73. The third-order valence-electron chi connectivity index (χ3n) is 8.95. The van der Waals surface area contributed by atoms with E-state index >= 15 is 0 Å². The first-order chi connectivity index (χ1) is 14.3. The van der Waals surface area contributed by atoms with Gasteiger partial charge in [-0.1, -0.05) is 51.9 Å². The molecule has 1 spiro atoms. The molecular weight excluding hydrogens is 378 g/mol. The van der Waals surface area contributed by atoms with Gasteiger partial charge in [0.15, 0.2) is 5.78 Å². The van der Waals surface area contributed by atoms with Crippen LogP contribution in [0, 0.1) is 17.3 Å². The molecule has 30 heavy (non-hydrogen) atoms. The van der Waals surface area contributed by atoms with Gasteiger partial charge in [0.25, 0.3) is 5.91 Å². The van der Waals surface area contributed by atoms with Crippen molar-refractivity contribution < 1.29 is 14.4 Å². The number of rotatable bonds is 4. The highest BCUT2D eigenvalue weighted by Crippen LogP contribution is 2.45. The zero-order chi connectivity index (χ0) is 21.5. The molecule has 2 saturated heterocycles. The third kappa shape index (κ3) is 3.59. The van der Waals surface area contributed by atoms with Gasteiger partial charge in [-0.2, -0.15) is 0 Å². The first-order valence-corrected chi connectivity index (χ1v) is 12.1. The summed E-state index contributed by atoms with van der Waals surface area (Å²) in [6.07, 6.45) is 12.8. The van der Waals surface area contributed by atoms with Crippen molar-refractivity contribution in [3.05, 3.63) is 0 Å². The van der Waals surface area contributed by atoms with Crippen LogP contribution in [0.15, 0.2) is 0 Å². The molecule has 2 aliphatic carbocycles. The topological polar surface area (TPSA) is 69.7 Å². The molecule has 1 N–H and O–H groups in total. The third-order valence-corrected chi connectivity index (χ3v) is 8.95. The SMILES string of the molecule is CC1CCCC1C1(C)C(=O)N(CC(=O)C2CC3(CCCCCCC3)CN2)C(=O)N1C. The van der Waals surface area contributed by atoms with E-state index in [1.54, 1.807) is 11.9 Å². The lowest BCUT2D eigenvalue weighted by Crippen LogP contribution is -2.52. The van der Waals surface area contributed by atoms with Crippen molar-refractivity contribution in [1.82, 2.24) is 15.1 Å². The number of carbonyl (C=O) groups is 3. The lowest BCUT2D eigenvalue weighted by Gasteiger charge is -2.36. The fourth-order valence-electron chi connectivity index (χ4n) is 6.86. The Kier molecular flexibility index (Phi) is 5.99. The molecule has 0 aromatic rings. The highest BCUT2D eigenvalue weighted by atomic mass is 16.2. The summed E-state index contributed by atoms with van der Waals surface area (Å²) in [5.41, 5.74) is -0.596. The van der Waals surface area contributed by atoms with Gasteiger partial charge in [0.05, 0.1) is 12.6 Å².